The minimum Gasteiger partial charge on any atom is -0.489 e. The molecule has 28 heavy (non-hydrogen) atoms. The van der Waals surface area contributed by atoms with Crippen molar-refractivity contribution in [2.24, 2.45) is 5.92 Å². The largest absolute Gasteiger partial charge is 0.489 e. The standard InChI is InChI=1S/C23H26N2O3/c1-16-22(23(26)24-13-18-10-11-25(2)14-18)20-12-19(8-9-21(20)28-16)27-15-17-6-4-3-5-7-17/h3-9,12,18H,10-11,13-15H2,1-2H3,(H,24,26). The van der Waals surface area contributed by atoms with Crippen molar-refractivity contribution >= 4 is 16.9 Å². The van der Waals surface area contributed by atoms with E-state index >= 15 is 0 Å². The molecule has 1 fully saturated rings. The number of ether oxygens (including phenoxy) is 1. The summed E-state index contributed by atoms with van der Waals surface area (Å²) >= 11 is 0. The lowest BCUT2D eigenvalue weighted by molar-refractivity contribution is 0.0947. The third-order valence-corrected chi connectivity index (χ3v) is 5.35. The lowest BCUT2D eigenvalue weighted by Gasteiger charge is -2.11. The Labute approximate surface area is 165 Å². The molecular formula is C23H26N2O3. The molecular weight excluding hydrogens is 352 g/mol. The van der Waals surface area contributed by atoms with Crippen LogP contribution in [0.25, 0.3) is 11.0 Å². The molecule has 1 saturated heterocycles. The number of nitrogens with one attached hydrogen (secondary N) is 1. The molecule has 1 aliphatic heterocycles. The second-order valence-corrected chi connectivity index (χ2v) is 7.59. The fraction of sp³-hybridized carbons (Fsp3) is 0.348. The minimum absolute atomic E-state index is 0.0778. The number of rotatable bonds is 6. The van der Waals surface area contributed by atoms with Crippen molar-refractivity contribution in [1.29, 1.82) is 0 Å². The van der Waals surface area contributed by atoms with Gasteiger partial charge in [0.2, 0.25) is 0 Å². The number of carbonyl (C=O) groups excluding carboxylic acids is 1. The zero-order valence-electron chi connectivity index (χ0n) is 16.4. The number of carbonyl (C=O) groups is 1. The van der Waals surface area contributed by atoms with Crippen LogP contribution in [0.1, 0.15) is 28.1 Å². The van der Waals surface area contributed by atoms with E-state index in [0.29, 0.717) is 36.0 Å². The van der Waals surface area contributed by atoms with Crippen molar-refractivity contribution < 1.29 is 13.9 Å². The first kappa shape index (κ1) is 18.6. The maximum Gasteiger partial charge on any atom is 0.255 e. The van der Waals surface area contributed by atoms with Crippen LogP contribution in [0.3, 0.4) is 0 Å². The Kier molecular flexibility index (Phi) is 5.35. The predicted molar refractivity (Wildman–Crippen MR) is 110 cm³/mol. The number of fused-ring (bicyclic) bond motifs is 1. The van der Waals surface area contributed by atoms with Crippen molar-refractivity contribution in [3.63, 3.8) is 0 Å². The Morgan fingerprint density at radius 3 is 2.82 bits per heavy atom. The molecule has 1 aromatic heterocycles. The van der Waals surface area contributed by atoms with E-state index < -0.39 is 0 Å². The fourth-order valence-electron chi connectivity index (χ4n) is 3.83. The first-order chi connectivity index (χ1) is 13.6. The van der Waals surface area contributed by atoms with Gasteiger partial charge in [-0.2, -0.15) is 0 Å². The number of hydrogen-bond donors (Lipinski definition) is 1. The maximum atomic E-state index is 12.8. The molecule has 3 aromatic rings. The SMILES string of the molecule is Cc1oc2ccc(OCc3ccccc3)cc2c1C(=O)NCC1CCN(C)C1. The van der Waals surface area contributed by atoms with Gasteiger partial charge < -0.3 is 19.4 Å². The zero-order chi connectivity index (χ0) is 19.5. The van der Waals surface area contributed by atoms with E-state index in [1.54, 1.807) is 0 Å². The highest BCUT2D eigenvalue weighted by atomic mass is 16.5. The van der Waals surface area contributed by atoms with Gasteiger partial charge in [0.25, 0.3) is 5.91 Å². The molecule has 5 heteroatoms. The molecule has 4 rings (SSSR count). The van der Waals surface area contributed by atoms with Gasteiger partial charge in [-0.15, -0.1) is 0 Å². The molecule has 2 aromatic carbocycles. The second-order valence-electron chi connectivity index (χ2n) is 7.59. The second kappa shape index (κ2) is 8.07. The Morgan fingerprint density at radius 1 is 1.25 bits per heavy atom. The third kappa shape index (κ3) is 4.04. The zero-order valence-corrected chi connectivity index (χ0v) is 16.4. The molecule has 5 nitrogen and oxygen atoms in total. The molecule has 1 amide bonds. The number of benzene rings is 2. The molecule has 2 heterocycles. The van der Waals surface area contributed by atoms with E-state index in [1.807, 2.05) is 55.5 Å². The molecule has 1 N–H and O–H groups in total. The summed E-state index contributed by atoms with van der Waals surface area (Å²) in [5.74, 6) is 1.79. The van der Waals surface area contributed by atoms with Crippen molar-refractivity contribution in [2.45, 2.75) is 20.0 Å². The Balaban J connectivity index is 1.49. The van der Waals surface area contributed by atoms with Gasteiger partial charge in [-0.3, -0.25) is 4.79 Å². The molecule has 0 aliphatic carbocycles. The quantitative estimate of drug-likeness (QED) is 0.704. The maximum absolute atomic E-state index is 12.8. The highest BCUT2D eigenvalue weighted by molar-refractivity contribution is 6.07. The summed E-state index contributed by atoms with van der Waals surface area (Å²) in [4.78, 5) is 15.1. The van der Waals surface area contributed by atoms with Crippen LogP contribution in [-0.2, 0) is 6.61 Å². The normalized spacial score (nSPS) is 17.1. The third-order valence-electron chi connectivity index (χ3n) is 5.35. The van der Waals surface area contributed by atoms with Gasteiger partial charge in [0.15, 0.2) is 0 Å². The van der Waals surface area contributed by atoms with Crippen molar-refractivity contribution in [1.82, 2.24) is 10.2 Å². The number of aryl methyl sites for hydroxylation is 1. The topological polar surface area (TPSA) is 54.7 Å². The van der Waals surface area contributed by atoms with Gasteiger partial charge in [-0.25, -0.2) is 0 Å². The first-order valence-electron chi connectivity index (χ1n) is 9.77. The van der Waals surface area contributed by atoms with Gasteiger partial charge in [-0.05, 0) is 56.6 Å². The van der Waals surface area contributed by atoms with E-state index in [2.05, 4.69) is 17.3 Å². The monoisotopic (exact) mass is 378 g/mol. The summed E-state index contributed by atoms with van der Waals surface area (Å²) in [6.45, 7) is 5.14. The van der Waals surface area contributed by atoms with Gasteiger partial charge in [0, 0.05) is 18.5 Å². The van der Waals surface area contributed by atoms with Gasteiger partial charge in [-0.1, -0.05) is 30.3 Å². The van der Waals surface area contributed by atoms with E-state index in [1.165, 1.54) is 0 Å². The fourth-order valence-corrected chi connectivity index (χ4v) is 3.83. The van der Waals surface area contributed by atoms with Crippen LogP contribution in [0.4, 0.5) is 0 Å². The van der Waals surface area contributed by atoms with Crippen LogP contribution < -0.4 is 10.1 Å². The average molecular weight is 378 g/mol. The first-order valence-corrected chi connectivity index (χ1v) is 9.77. The van der Waals surface area contributed by atoms with E-state index in [0.717, 1.165) is 36.2 Å². The molecule has 0 radical (unpaired) electrons. The summed E-state index contributed by atoms with van der Waals surface area (Å²) < 4.78 is 11.7. The highest BCUT2D eigenvalue weighted by Gasteiger charge is 2.23. The van der Waals surface area contributed by atoms with Crippen LogP contribution in [0.15, 0.2) is 52.9 Å². The Morgan fingerprint density at radius 2 is 2.07 bits per heavy atom. The van der Waals surface area contributed by atoms with Crippen molar-refractivity contribution in [3.8, 4) is 5.75 Å². The number of nitrogens with zero attached hydrogens (tertiary/aromatic N) is 1. The van der Waals surface area contributed by atoms with Crippen LogP contribution in [0.2, 0.25) is 0 Å². The minimum atomic E-state index is -0.0778. The summed E-state index contributed by atoms with van der Waals surface area (Å²) in [6, 6.07) is 15.7. The molecule has 0 spiro atoms. The van der Waals surface area contributed by atoms with E-state index in [4.69, 9.17) is 9.15 Å². The number of likely N-dealkylation sites (tertiary alicyclic amines) is 1. The molecule has 0 saturated carbocycles. The predicted octanol–water partition coefficient (Wildman–Crippen LogP) is 4.00. The molecule has 1 aliphatic rings. The lowest BCUT2D eigenvalue weighted by atomic mass is 10.1. The lowest BCUT2D eigenvalue weighted by Crippen LogP contribution is -2.30. The Hall–Kier alpha value is -2.79. The summed E-state index contributed by atoms with van der Waals surface area (Å²) in [5.41, 5.74) is 2.41. The van der Waals surface area contributed by atoms with Gasteiger partial charge >= 0.3 is 0 Å². The summed E-state index contributed by atoms with van der Waals surface area (Å²) in [7, 11) is 2.12. The van der Waals surface area contributed by atoms with E-state index in [9.17, 15) is 4.79 Å². The Bertz CT molecular complexity index is 965. The molecule has 146 valence electrons. The molecule has 0 bridgehead atoms. The van der Waals surface area contributed by atoms with Crippen LogP contribution in [-0.4, -0.2) is 37.5 Å². The highest BCUT2D eigenvalue weighted by Crippen LogP contribution is 2.29. The summed E-state index contributed by atoms with van der Waals surface area (Å²) in [6.07, 6.45) is 1.12. The molecule has 1 atom stereocenters. The van der Waals surface area contributed by atoms with Gasteiger partial charge in [0.05, 0.1) is 5.56 Å². The number of amides is 1. The average Bonchev–Trinajstić information content (AvgIpc) is 3.27. The van der Waals surface area contributed by atoms with Crippen LogP contribution in [0, 0.1) is 12.8 Å². The van der Waals surface area contributed by atoms with E-state index in [-0.39, 0.29) is 5.91 Å². The number of hydrogen-bond acceptors (Lipinski definition) is 4. The van der Waals surface area contributed by atoms with Crippen molar-refractivity contribution in [3.05, 3.63) is 65.4 Å². The van der Waals surface area contributed by atoms with Gasteiger partial charge in [0.1, 0.15) is 23.7 Å². The molecule has 1 unspecified atom stereocenters. The van der Waals surface area contributed by atoms with Crippen LogP contribution >= 0.6 is 0 Å². The smallest absolute Gasteiger partial charge is 0.255 e. The summed E-state index contributed by atoms with van der Waals surface area (Å²) in [5, 5.41) is 3.89. The number of furan rings is 1. The van der Waals surface area contributed by atoms with Crippen LogP contribution in [0.5, 0.6) is 5.75 Å². The van der Waals surface area contributed by atoms with Crippen molar-refractivity contribution in [2.75, 3.05) is 26.7 Å².